The van der Waals surface area contributed by atoms with E-state index in [1.54, 1.807) is 23.1 Å². The maximum Gasteiger partial charge on any atom is 0.308 e. The van der Waals surface area contributed by atoms with Crippen molar-refractivity contribution in [3.63, 3.8) is 0 Å². The monoisotopic (exact) mass is 343 g/mol. The van der Waals surface area contributed by atoms with Gasteiger partial charge in [-0.1, -0.05) is 48.0 Å². The minimum absolute atomic E-state index is 0.179. The summed E-state index contributed by atoms with van der Waals surface area (Å²) in [6, 6.07) is 14.7. The molecule has 0 bridgehead atoms. The van der Waals surface area contributed by atoms with Gasteiger partial charge in [0, 0.05) is 29.6 Å². The Bertz CT molecular complexity index is 775. The topological polar surface area (TPSA) is 57.6 Å². The second kappa shape index (κ2) is 6.65. The predicted molar refractivity (Wildman–Crippen MR) is 92.4 cm³/mol. The lowest BCUT2D eigenvalue weighted by Gasteiger charge is -2.17. The van der Waals surface area contributed by atoms with Gasteiger partial charge in [-0.15, -0.1) is 0 Å². The van der Waals surface area contributed by atoms with Crippen LogP contribution >= 0.6 is 11.6 Å². The van der Waals surface area contributed by atoms with Crippen LogP contribution in [0.2, 0.25) is 5.02 Å². The van der Waals surface area contributed by atoms with E-state index in [0.29, 0.717) is 17.1 Å². The second-order valence-electron chi connectivity index (χ2n) is 6.14. The fourth-order valence-corrected chi connectivity index (χ4v) is 3.35. The molecular weight excluding hydrogens is 326 g/mol. The van der Waals surface area contributed by atoms with Crippen LogP contribution in [0.5, 0.6) is 0 Å². The Kier molecular flexibility index (Phi) is 4.58. The predicted octanol–water partition coefficient (Wildman–Crippen LogP) is 3.59. The maximum absolute atomic E-state index is 12.7. The van der Waals surface area contributed by atoms with Crippen LogP contribution in [-0.2, 0) is 4.79 Å². The van der Waals surface area contributed by atoms with Crippen LogP contribution < -0.4 is 0 Å². The van der Waals surface area contributed by atoms with Gasteiger partial charge in [0.2, 0.25) is 0 Å². The number of aryl methyl sites for hydroxylation is 1. The molecule has 0 saturated carbocycles. The van der Waals surface area contributed by atoms with E-state index >= 15 is 0 Å². The highest BCUT2D eigenvalue weighted by atomic mass is 35.5. The number of hydrogen-bond acceptors (Lipinski definition) is 2. The summed E-state index contributed by atoms with van der Waals surface area (Å²) in [5, 5.41) is 10.1. The van der Waals surface area contributed by atoms with E-state index in [1.807, 2.05) is 37.3 Å². The van der Waals surface area contributed by atoms with Crippen molar-refractivity contribution in [3.05, 3.63) is 70.2 Å². The number of amides is 1. The number of likely N-dealkylation sites (tertiary alicyclic amines) is 1. The van der Waals surface area contributed by atoms with E-state index in [2.05, 4.69) is 0 Å². The summed E-state index contributed by atoms with van der Waals surface area (Å²) in [7, 11) is 0. The summed E-state index contributed by atoms with van der Waals surface area (Å²) in [4.78, 5) is 26.0. The van der Waals surface area contributed by atoms with Gasteiger partial charge in [-0.05, 0) is 30.2 Å². The molecule has 1 saturated heterocycles. The zero-order chi connectivity index (χ0) is 17.3. The summed E-state index contributed by atoms with van der Waals surface area (Å²) in [5.41, 5.74) is 2.34. The highest BCUT2D eigenvalue weighted by Crippen LogP contribution is 2.34. The molecule has 1 amide bonds. The van der Waals surface area contributed by atoms with E-state index in [4.69, 9.17) is 11.6 Å². The maximum atomic E-state index is 12.7. The third-order valence-corrected chi connectivity index (χ3v) is 4.98. The zero-order valence-electron chi connectivity index (χ0n) is 13.3. The Balaban J connectivity index is 1.86. The lowest BCUT2D eigenvalue weighted by atomic mass is 9.89. The normalized spacial score (nSPS) is 20.2. The first-order chi connectivity index (χ1) is 11.5. The zero-order valence-corrected chi connectivity index (χ0v) is 14.0. The van der Waals surface area contributed by atoms with Crippen molar-refractivity contribution >= 4 is 23.5 Å². The second-order valence-corrected chi connectivity index (χ2v) is 6.54. The van der Waals surface area contributed by atoms with E-state index in [-0.39, 0.29) is 18.4 Å². The van der Waals surface area contributed by atoms with Crippen LogP contribution in [0.15, 0.2) is 48.5 Å². The molecule has 1 fully saturated rings. The molecule has 1 heterocycles. The van der Waals surface area contributed by atoms with Gasteiger partial charge in [0.05, 0.1) is 5.92 Å². The van der Waals surface area contributed by atoms with Gasteiger partial charge in [-0.2, -0.15) is 0 Å². The first kappa shape index (κ1) is 16.5. The van der Waals surface area contributed by atoms with E-state index < -0.39 is 11.9 Å². The summed E-state index contributed by atoms with van der Waals surface area (Å²) in [6.45, 7) is 2.48. The first-order valence-electron chi connectivity index (χ1n) is 7.80. The quantitative estimate of drug-likeness (QED) is 0.926. The molecule has 2 aromatic carbocycles. The molecule has 124 valence electrons. The van der Waals surface area contributed by atoms with Crippen LogP contribution in [0.1, 0.15) is 27.4 Å². The SMILES string of the molecule is Cc1ccc(C(=O)N2C[C@H](C(=O)O)[C@H](c3ccccc3)C2)cc1Cl. The van der Waals surface area contributed by atoms with Crippen molar-refractivity contribution in [3.8, 4) is 0 Å². The molecule has 1 aliphatic heterocycles. The molecule has 1 aliphatic rings. The number of carboxylic acids is 1. The Morgan fingerprint density at radius 2 is 1.83 bits per heavy atom. The van der Waals surface area contributed by atoms with Gasteiger partial charge < -0.3 is 10.0 Å². The summed E-state index contributed by atoms with van der Waals surface area (Å²) in [5.74, 6) is -1.85. The Labute approximate surface area is 145 Å². The molecule has 24 heavy (non-hydrogen) atoms. The molecule has 2 atom stereocenters. The number of carbonyl (C=O) groups excluding carboxylic acids is 1. The minimum Gasteiger partial charge on any atom is -0.481 e. The largest absolute Gasteiger partial charge is 0.481 e. The third kappa shape index (κ3) is 3.15. The number of carboxylic acid groups (broad SMARTS) is 1. The summed E-state index contributed by atoms with van der Waals surface area (Å²) in [6.07, 6.45) is 0. The summed E-state index contributed by atoms with van der Waals surface area (Å²) < 4.78 is 0. The number of carbonyl (C=O) groups is 2. The van der Waals surface area contributed by atoms with Crippen molar-refractivity contribution < 1.29 is 14.7 Å². The first-order valence-corrected chi connectivity index (χ1v) is 8.18. The van der Waals surface area contributed by atoms with E-state index in [0.717, 1.165) is 11.1 Å². The van der Waals surface area contributed by atoms with Crippen LogP contribution in [0, 0.1) is 12.8 Å². The Morgan fingerprint density at radius 3 is 2.46 bits per heavy atom. The molecular formula is C19H18ClNO3. The molecule has 3 rings (SSSR count). The number of rotatable bonds is 3. The third-order valence-electron chi connectivity index (χ3n) is 4.57. The number of hydrogen-bond donors (Lipinski definition) is 1. The number of aliphatic carboxylic acids is 1. The molecule has 0 spiro atoms. The Morgan fingerprint density at radius 1 is 1.12 bits per heavy atom. The molecule has 5 heteroatoms. The highest BCUT2D eigenvalue weighted by Gasteiger charge is 2.40. The van der Waals surface area contributed by atoms with Crippen LogP contribution in [-0.4, -0.2) is 35.0 Å². The lowest BCUT2D eigenvalue weighted by molar-refractivity contribution is -0.141. The smallest absolute Gasteiger partial charge is 0.308 e. The molecule has 0 radical (unpaired) electrons. The standard InChI is InChI=1S/C19H18ClNO3/c1-12-7-8-14(9-17(12)20)18(22)21-10-15(16(11-21)19(23)24)13-5-3-2-4-6-13/h2-9,15-16H,10-11H2,1H3,(H,23,24)/t15-,16-/m0/s1. The average molecular weight is 344 g/mol. The molecule has 0 aliphatic carbocycles. The molecule has 0 aromatic heterocycles. The van der Waals surface area contributed by atoms with Crippen LogP contribution in [0.3, 0.4) is 0 Å². The van der Waals surface area contributed by atoms with Crippen molar-refractivity contribution in [2.75, 3.05) is 13.1 Å². The summed E-state index contributed by atoms with van der Waals surface area (Å²) >= 11 is 6.10. The van der Waals surface area contributed by atoms with Gasteiger partial charge in [-0.3, -0.25) is 9.59 Å². The number of benzene rings is 2. The highest BCUT2D eigenvalue weighted by molar-refractivity contribution is 6.31. The van der Waals surface area contributed by atoms with E-state index in [9.17, 15) is 14.7 Å². The van der Waals surface area contributed by atoms with Crippen molar-refractivity contribution in [1.29, 1.82) is 0 Å². The molecule has 1 N–H and O–H groups in total. The average Bonchev–Trinajstić information content (AvgIpc) is 3.03. The molecule has 2 aromatic rings. The van der Waals surface area contributed by atoms with Gasteiger partial charge in [0.1, 0.15) is 0 Å². The van der Waals surface area contributed by atoms with Gasteiger partial charge in [-0.25, -0.2) is 0 Å². The Hall–Kier alpha value is -2.33. The van der Waals surface area contributed by atoms with Crippen molar-refractivity contribution in [1.82, 2.24) is 4.90 Å². The molecule has 4 nitrogen and oxygen atoms in total. The van der Waals surface area contributed by atoms with Crippen molar-refractivity contribution in [2.45, 2.75) is 12.8 Å². The van der Waals surface area contributed by atoms with Crippen LogP contribution in [0.4, 0.5) is 0 Å². The van der Waals surface area contributed by atoms with Gasteiger partial charge >= 0.3 is 5.97 Å². The van der Waals surface area contributed by atoms with E-state index in [1.165, 1.54) is 0 Å². The lowest BCUT2D eigenvalue weighted by Crippen LogP contribution is -2.29. The van der Waals surface area contributed by atoms with Crippen LogP contribution in [0.25, 0.3) is 0 Å². The number of halogens is 1. The van der Waals surface area contributed by atoms with Gasteiger partial charge in [0.15, 0.2) is 0 Å². The molecule has 0 unspecified atom stereocenters. The van der Waals surface area contributed by atoms with Gasteiger partial charge in [0.25, 0.3) is 5.91 Å². The fourth-order valence-electron chi connectivity index (χ4n) is 3.17. The number of nitrogens with zero attached hydrogens (tertiary/aromatic N) is 1. The minimum atomic E-state index is -0.874. The fraction of sp³-hybridized carbons (Fsp3) is 0.263. The van der Waals surface area contributed by atoms with Crippen molar-refractivity contribution in [2.24, 2.45) is 5.92 Å².